The number of carbonyl (C=O) groups is 1. The Morgan fingerprint density at radius 1 is 1.33 bits per heavy atom. The number of nitrogens with one attached hydrogen (secondary N) is 1. The fraction of sp³-hybridized carbons (Fsp3) is 0.300. The van der Waals surface area contributed by atoms with Gasteiger partial charge < -0.3 is 9.47 Å². The van der Waals surface area contributed by atoms with E-state index in [4.69, 9.17) is 9.47 Å². The van der Waals surface area contributed by atoms with Crippen LogP contribution in [0.5, 0.6) is 0 Å². The summed E-state index contributed by atoms with van der Waals surface area (Å²) in [5.41, 5.74) is 0.891. The Hall–Kier alpha value is -1.30. The van der Waals surface area contributed by atoms with Gasteiger partial charge in [-0.1, -0.05) is 30.3 Å². The van der Waals surface area contributed by atoms with Crippen molar-refractivity contribution in [3.05, 3.63) is 35.9 Å². The summed E-state index contributed by atoms with van der Waals surface area (Å²) in [5, 5.41) is 2.45. The number of benzene rings is 1. The summed E-state index contributed by atoms with van der Waals surface area (Å²) < 4.78 is 22.3. The molecule has 0 aromatic heterocycles. The Balaban J connectivity index is 1.76. The molecule has 0 spiro atoms. The van der Waals surface area contributed by atoms with E-state index in [1.54, 1.807) is 0 Å². The summed E-state index contributed by atoms with van der Waals surface area (Å²) in [5.74, 6) is 0. The molecule has 1 aromatic rings. The van der Waals surface area contributed by atoms with Crippen LogP contribution in [0.1, 0.15) is 11.9 Å². The minimum absolute atomic E-state index is 0.397. The van der Waals surface area contributed by atoms with E-state index in [0.717, 1.165) is 5.56 Å². The number of hydrogen-bond donors (Lipinski definition) is 1. The molecule has 2 rings (SSSR count). The molecule has 4 nitrogen and oxygen atoms in total. The molecular weight excluding hydrogens is 201 g/mol. The van der Waals surface area contributed by atoms with Gasteiger partial charge in [0.25, 0.3) is 0 Å². The molecule has 0 bridgehead atoms. The van der Waals surface area contributed by atoms with Crippen molar-refractivity contribution in [3.8, 4) is 0 Å². The van der Waals surface area contributed by atoms with Crippen LogP contribution in [0.15, 0.2) is 30.3 Å². The lowest BCUT2D eigenvalue weighted by molar-refractivity contribution is -0.400. The SMILES string of the molecule is O=C(F)CNC1OC(c2ccccc2)O1. The van der Waals surface area contributed by atoms with Gasteiger partial charge in [0.05, 0.1) is 6.54 Å². The Labute approximate surface area is 86.0 Å². The number of rotatable bonds is 4. The fourth-order valence-corrected chi connectivity index (χ4v) is 1.26. The van der Waals surface area contributed by atoms with Crippen LogP contribution in [0.25, 0.3) is 0 Å². The Bertz CT molecular complexity index is 338. The maximum absolute atomic E-state index is 11.8. The molecule has 1 fully saturated rings. The van der Waals surface area contributed by atoms with Crippen molar-refractivity contribution in [1.82, 2.24) is 5.32 Å². The van der Waals surface area contributed by atoms with Gasteiger partial charge in [-0.15, -0.1) is 0 Å². The van der Waals surface area contributed by atoms with Crippen LogP contribution < -0.4 is 5.32 Å². The van der Waals surface area contributed by atoms with Gasteiger partial charge in [-0.2, -0.15) is 4.39 Å². The quantitative estimate of drug-likeness (QED) is 0.757. The van der Waals surface area contributed by atoms with Crippen LogP contribution >= 0.6 is 0 Å². The van der Waals surface area contributed by atoms with E-state index in [1.807, 2.05) is 30.3 Å². The van der Waals surface area contributed by atoms with Gasteiger partial charge in [0.1, 0.15) is 0 Å². The van der Waals surface area contributed by atoms with Crippen molar-refractivity contribution >= 4 is 6.04 Å². The third-order valence-corrected chi connectivity index (χ3v) is 1.97. The predicted molar refractivity (Wildman–Crippen MR) is 49.3 cm³/mol. The van der Waals surface area contributed by atoms with Crippen LogP contribution in [0.3, 0.4) is 0 Å². The van der Waals surface area contributed by atoms with Crippen LogP contribution in [-0.2, 0) is 14.3 Å². The van der Waals surface area contributed by atoms with Gasteiger partial charge in [-0.3, -0.25) is 10.1 Å². The van der Waals surface area contributed by atoms with Crippen LogP contribution in [0, 0.1) is 0 Å². The Morgan fingerprint density at radius 3 is 2.60 bits per heavy atom. The molecule has 15 heavy (non-hydrogen) atoms. The van der Waals surface area contributed by atoms with E-state index in [2.05, 4.69) is 5.32 Å². The zero-order valence-electron chi connectivity index (χ0n) is 7.85. The third kappa shape index (κ3) is 2.59. The summed E-state index contributed by atoms with van der Waals surface area (Å²) in [6, 6.07) is 7.91. The van der Waals surface area contributed by atoms with Crippen molar-refractivity contribution in [2.75, 3.05) is 6.54 Å². The van der Waals surface area contributed by atoms with Gasteiger partial charge >= 0.3 is 6.04 Å². The lowest BCUT2D eigenvalue weighted by Crippen LogP contribution is -2.46. The summed E-state index contributed by atoms with van der Waals surface area (Å²) in [4.78, 5) is 10.00. The van der Waals surface area contributed by atoms with Crippen molar-refractivity contribution in [2.24, 2.45) is 0 Å². The molecular formula is C10H10FNO3. The summed E-state index contributed by atoms with van der Waals surface area (Å²) >= 11 is 0. The maximum Gasteiger partial charge on any atom is 0.315 e. The normalized spacial score (nSPS) is 24.6. The monoisotopic (exact) mass is 211 g/mol. The summed E-state index contributed by atoms with van der Waals surface area (Å²) in [6.07, 6.45) is -1.13. The topological polar surface area (TPSA) is 47.6 Å². The van der Waals surface area contributed by atoms with E-state index in [0.29, 0.717) is 0 Å². The molecule has 0 radical (unpaired) electrons. The fourth-order valence-electron chi connectivity index (χ4n) is 1.26. The summed E-state index contributed by atoms with van der Waals surface area (Å²) in [7, 11) is 0. The molecule has 1 aliphatic heterocycles. The van der Waals surface area contributed by atoms with E-state index >= 15 is 0 Å². The first-order valence-electron chi connectivity index (χ1n) is 4.53. The highest BCUT2D eigenvalue weighted by atomic mass is 19.1. The first-order chi connectivity index (χ1) is 7.25. The zero-order valence-corrected chi connectivity index (χ0v) is 7.85. The first kappa shape index (κ1) is 10.2. The Morgan fingerprint density at radius 2 is 2.00 bits per heavy atom. The van der Waals surface area contributed by atoms with E-state index in [-0.39, 0.29) is 0 Å². The highest BCUT2D eigenvalue weighted by Crippen LogP contribution is 2.29. The van der Waals surface area contributed by atoms with Gasteiger partial charge in [0.15, 0.2) is 6.29 Å². The van der Waals surface area contributed by atoms with Crippen LogP contribution in [-0.4, -0.2) is 19.0 Å². The van der Waals surface area contributed by atoms with Crippen LogP contribution in [0.4, 0.5) is 4.39 Å². The third-order valence-electron chi connectivity index (χ3n) is 1.97. The summed E-state index contributed by atoms with van der Waals surface area (Å²) in [6.45, 7) is -0.397. The second-order valence-corrected chi connectivity index (χ2v) is 3.08. The van der Waals surface area contributed by atoms with E-state index in [1.165, 1.54) is 0 Å². The standard InChI is InChI=1S/C10H10FNO3/c11-8(13)6-12-10-14-9(15-10)7-4-2-1-3-5-7/h1-5,9-10,12H,6H2. The first-order valence-corrected chi connectivity index (χ1v) is 4.53. The molecule has 80 valence electrons. The molecule has 1 heterocycles. The predicted octanol–water partition coefficient (Wildman–Crippen LogP) is 1.10. The smallest absolute Gasteiger partial charge is 0.306 e. The molecule has 0 atom stereocenters. The minimum Gasteiger partial charge on any atom is -0.306 e. The molecule has 1 aromatic carbocycles. The molecule has 0 unspecified atom stereocenters. The lowest BCUT2D eigenvalue weighted by Gasteiger charge is -2.36. The largest absolute Gasteiger partial charge is 0.315 e. The lowest BCUT2D eigenvalue weighted by atomic mass is 10.2. The Kier molecular flexibility index (Phi) is 3.05. The average molecular weight is 211 g/mol. The van der Waals surface area contributed by atoms with Gasteiger partial charge in [0, 0.05) is 5.56 Å². The highest BCUT2D eigenvalue weighted by molar-refractivity contribution is 5.70. The average Bonchev–Trinajstić information content (AvgIpc) is 2.16. The molecule has 0 aliphatic carbocycles. The van der Waals surface area contributed by atoms with Crippen LogP contribution in [0.2, 0.25) is 0 Å². The molecule has 5 heteroatoms. The molecule has 0 saturated carbocycles. The van der Waals surface area contributed by atoms with Crippen molar-refractivity contribution < 1.29 is 18.7 Å². The molecule has 1 N–H and O–H groups in total. The van der Waals surface area contributed by atoms with Gasteiger partial charge in [-0.25, -0.2) is 0 Å². The number of ether oxygens (including phenoxy) is 2. The second kappa shape index (κ2) is 4.48. The maximum atomic E-state index is 11.8. The van der Waals surface area contributed by atoms with Crippen molar-refractivity contribution in [1.29, 1.82) is 0 Å². The molecule has 0 amide bonds. The number of carbonyl (C=O) groups excluding carboxylic acids is 1. The van der Waals surface area contributed by atoms with Crippen molar-refractivity contribution in [2.45, 2.75) is 12.7 Å². The highest BCUT2D eigenvalue weighted by Gasteiger charge is 2.31. The second-order valence-electron chi connectivity index (χ2n) is 3.08. The zero-order chi connectivity index (χ0) is 10.7. The number of halogens is 1. The van der Waals surface area contributed by atoms with E-state index in [9.17, 15) is 9.18 Å². The van der Waals surface area contributed by atoms with Gasteiger partial charge in [-0.05, 0) is 0 Å². The molecule has 1 saturated heterocycles. The van der Waals surface area contributed by atoms with Gasteiger partial charge in [0.2, 0.25) is 6.41 Å². The molecule has 1 aliphatic rings. The van der Waals surface area contributed by atoms with Crippen molar-refractivity contribution in [3.63, 3.8) is 0 Å². The number of hydrogen-bond acceptors (Lipinski definition) is 4. The minimum atomic E-state index is -1.44. The van der Waals surface area contributed by atoms with E-state index < -0.39 is 25.3 Å².